The molecule has 1 amide bonds. The Balaban J connectivity index is 2.09. The van der Waals surface area contributed by atoms with E-state index >= 15 is 0 Å². The van der Waals surface area contributed by atoms with Crippen LogP contribution in [0.2, 0.25) is 0 Å². The van der Waals surface area contributed by atoms with E-state index in [9.17, 15) is 14.9 Å². The molecule has 0 aromatic heterocycles. The van der Waals surface area contributed by atoms with Gasteiger partial charge in [-0.05, 0) is 25.3 Å². The topological polar surface area (TPSA) is 84.3 Å². The molecule has 6 nitrogen and oxygen atoms in total. The minimum Gasteiger partial charge on any atom is -0.385 e. The standard InChI is InChI=1S/C14H19N3O3/c1-2-15-13-6-5-11(17(19)20)9-12(13)14(18)16-8-7-10-3-4-10/h5-6,9-10,15H,2-4,7-8H2,1H3,(H,16,18). The molecular weight excluding hydrogens is 258 g/mol. The molecule has 0 unspecified atom stereocenters. The van der Waals surface area contributed by atoms with Crippen molar-refractivity contribution in [1.29, 1.82) is 0 Å². The molecule has 1 aromatic carbocycles. The van der Waals surface area contributed by atoms with Gasteiger partial charge in [-0.1, -0.05) is 12.8 Å². The van der Waals surface area contributed by atoms with Crippen molar-refractivity contribution in [2.75, 3.05) is 18.4 Å². The third kappa shape index (κ3) is 3.69. The van der Waals surface area contributed by atoms with Gasteiger partial charge in [-0.2, -0.15) is 0 Å². The first-order chi connectivity index (χ1) is 9.61. The van der Waals surface area contributed by atoms with E-state index in [0.717, 1.165) is 12.3 Å². The van der Waals surface area contributed by atoms with Crippen LogP contribution in [0.4, 0.5) is 11.4 Å². The second-order valence-electron chi connectivity index (χ2n) is 5.01. The number of carbonyl (C=O) groups is 1. The number of anilines is 1. The Kier molecular flexibility index (Phi) is 4.55. The van der Waals surface area contributed by atoms with Crippen molar-refractivity contribution in [3.8, 4) is 0 Å². The zero-order chi connectivity index (χ0) is 14.5. The molecule has 2 N–H and O–H groups in total. The van der Waals surface area contributed by atoms with E-state index in [4.69, 9.17) is 0 Å². The first-order valence-electron chi connectivity index (χ1n) is 6.92. The number of nitro benzene ring substituents is 1. The molecule has 1 fully saturated rings. The van der Waals surface area contributed by atoms with Crippen LogP contribution in [-0.2, 0) is 0 Å². The molecule has 20 heavy (non-hydrogen) atoms. The minimum atomic E-state index is -0.489. The van der Waals surface area contributed by atoms with Gasteiger partial charge in [0.05, 0.1) is 10.5 Å². The Hall–Kier alpha value is -2.11. The van der Waals surface area contributed by atoms with E-state index in [1.165, 1.54) is 25.0 Å². The monoisotopic (exact) mass is 277 g/mol. The summed E-state index contributed by atoms with van der Waals surface area (Å²) in [6.07, 6.45) is 3.47. The molecule has 1 saturated carbocycles. The van der Waals surface area contributed by atoms with E-state index in [1.807, 2.05) is 6.92 Å². The molecule has 0 spiro atoms. The second kappa shape index (κ2) is 6.36. The fourth-order valence-corrected chi connectivity index (χ4v) is 2.07. The average Bonchev–Trinajstić information content (AvgIpc) is 3.23. The summed E-state index contributed by atoms with van der Waals surface area (Å²) in [6.45, 7) is 3.19. The largest absolute Gasteiger partial charge is 0.385 e. The Bertz CT molecular complexity index is 512. The Morgan fingerprint density at radius 2 is 2.20 bits per heavy atom. The molecule has 0 radical (unpaired) electrons. The fourth-order valence-electron chi connectivity index (χ4n) is 2.07. The molecule has 1 aliphatic carbocycles. The summed E-state index contributed by atoms with van der Waals surface area (Å²) in [4.78, 5) is 22.5. The van der Waals surface area contributed by atoms with Crippen LogP contribution in [0, 0.1) is 16.0 Å². The van der Waals surface area contributed by atoms with Crippen molar-refractivity contribution in [1.82, 2.24) is 5.32 Å². The van der Waals surface area contributed by atoms with E-state index in [1.54, 1.807) is 6.07 Å². The molecular formula is C14H19N3O3. The third-order valence-corrected chi connectivity index (χ3v) is 3.36. The van der Waals surface area contributed by atoms with Gasteiger partial charge in [0, 0.05) is 30.9 Å². The highest BCUT2D eigenvalue weighted by Crippen LogP contribution is 2.31. The predicted molar refractivity (Wildman–Crippen MR) is 76.9 cm³/mol. The second-order valence-corrected chi connectivity index (χ2v) is 5.01. The highest BCUT2D eigenvalue weighted by molar-refractivity contribution is 6.00. The summed E-state index contributed by atoms with van der Waals surface area (Å²) < 4.78 is 0. The summed E-state index contributed by atoms with van der Waals surface area (Å²) in [6, 6.07) is 4.31. The van der Waals surface area contributed by atoms with Crippen molar-refractivity contribution < 1.29 is 9.72 Å². The zero-order valence-electron chi connectivity index (χ0n) is 11.5. The van der Waals surface area contributed by atoms with Gasteiger partial charge in [-0.25, -0.2) is 0 Å². The van der Waals surface area contributed by atoms with Gasteiger partial charge >= 0.3 is 0 Å². The smallest absolute Gasteiger partial charge is 0.270 e. The summed E-state index contributed by atoms with van der Waals surface area (Å²) >= 11 is 0. The summed E-state index contributed by atoms with van der Waals surface area (Å²) in [5, 5.41) is 16.7. The van der Waals surface area contributed by atoms with Gasteiger partial charge in [-0.3, -0.25) is 14.9 Å². The van der Waals surface area contributed by atoms with Gasteiger partial charge in [0.25, 0.3) is 11.6 Å². The van der Waals surface area contributed by atoms with E-state index in [2.05, 4.69) is 10.6 Å². The van der Waals surface area contributed by atoms with E-state index < -0.39 is 4.92 Å². The van der Waals surface area contributed by atoms with E-state index in [-0.39, 0.29) is 11.6 Å². The summed E-state index contributed by atoms with van der Waals surface area (Å²) in [5.74, 6) is 0.485. The van der Waals surface area contributed by atoms with Crippen LogP contribution in [0.5, 0.6) is 0 Å². The van der Waals surface area contributed by atoms with Gasteiger partial charge in [-0.15, -0.1) is 0 Å². The van der Waals surface area contributed by atoms with Crippen LogP contribution in [0.1, 0.15) is 36.5 Å². The number of nitrogens with zero attached hydrogens (tertiary/aromatic N) is 1. The molecule has 0 heterocycles. The summed E-state index contributed by atoms with van der Waals surface area (Å²) in [5.41, 5.74) is 0.887. The normalized spacial score (nSPS) is 13.8. The van der Waals surface area contributed by atoms with Gasteiger partial charge in [0.15, 0.2) is 0 Å². The highest BCUT2D eigenvalue weighted by Gasteiger charge is 2.21. The highest BCUT2D eigenvalue weighted by atomic mass is 16.6. The van der Waals surface area contributed by atoms with Crippen LogP contribution in [-0.4, -0.2) is 23.9 Å². The van der Waals surface area contributed by atoms with Crippen LogP contribution in [0.25, 0.3) is 0 Å². The average molecular weight is 277 g/mol. The maximum Gasteiger partial charge on any atom is 0.270 e. The molecule has 1 aromatic rings. The molecule has 0 bridgehead atoms. The van der Waals surface area contributed by atoms with Crippen molar-refractivity contribution in [3.63, 3.8) is 0 Å². The first kappa shape index (κ1) is 14.3. The number of amides is 1. The molecule has 0 saturated heterocycles. The van der Waals surface area contributed by atoms with Crippen LogP contribution in [0.15, 0.2) is 18.2 Å². The molecule has 0 aliphatic heterocycles. The van der Waals surface area contributed by atoms with Crippen LogP contribution >= 0.6 is 0 Å². The van der Waals surface area contributed by atoms with Crippen LogP contribution < -0.4 is 10.6 Å². The lowest BCUT2D eigenvalue weighted by Gasteiger charge is -2.11. The number of benzene rings is 1. The third-order valence-electron chi connectivity index (χ3n) is 3.36. The number of hydrogen-bond acceptors (Lipinski definition) is 4. The predicted octanol–water partition coefficient (Wildman–Crippen LogP) is 2.56. The fraction of sp³-hybridized carbons (Fsp3) is 0.500. The number of rotatable bonds is 7. The van der Waals surface area contributed by atoms with Crippen molar-refractivity contribution in [3.05, 3.63) is 33.9 Å². The molecule has 1 aliphatic rings. The van der Waals surface area contributed by atoms with Crippen molar-refractivity contribution in [2.24, 2.45) is 5.92 Å². The number of nitrogens with one attached hydrogen (secondary N) is 2. The summed E-state index contributed by atoms with van der Waals surface area (Å²) in [7, 11) is 0. The maximum absolute atomic E-state index is 12.1. The van der Waals surface area contributed by atoms with Gasteiger partial charge < -0.3 is 10.6 Å². The maximum atomic E-state index is 12.1. The lowest BCUT2D eigenvalue weighted by Crippen LogP contribution is -2.25. The van der Waals surface area contributed by atoms with Gasteiger partial charge in [0.1, 0.15) is 0 Å². The lowest BCUT2D eigenvalue weighted by atomic mass is 10.1. The number of non-ortho nitro benzene ring substituents is 1. The van der Waals surface area contributed by atoms with Crippen molar-refractivity contribution in [2.45, 2.75) is 26.2 Å². The Morgan fingerprint density at radius 3 is 2.80 bits per heavy atom. The Labute approximate surface area is 117 Å². The molecule has 6 heteroatoms. The van der Waals surface area contributed by atoms with Crippen molar-refractivity contribution >= 4 is 17.3 Å². The SMILES string of the molecule is CCNc1ccc([N+](=O)[O-])cc1C(=O)NCCC1CC1. The lowest BCUT2D eigenvalue weighted by molar-refractivity contribution is -0.384. The minimum absolute atomic E-state index is 0.0704. The first-order valence-corrected chi connectivity index (χ1v) is 6.92. The number of nitro groups is 1. The molecule has 2 rings (SSSR count). The molecule has 0 atom stereocenters. The number of hydrogen-bond donors (Lipinski definition) is 2. The zero-order valence-corrected chi connectivity index (χ0v) is 11.5. The Morgan fingerprint density at radius 1 is 1.45 bits per heavy atom. The van der Waals surface area contributed by atoms with Crippen LogP contribution in [0.3, 0.4) is 0 Å². The molecule has 108 valence electrons. The van der Waals surface area contributed by atoms with E-state index in [0.29, 0.717) is 24.3 Å². The van der Waals surface area contributed by atoms with Gasteiger partial charge in [0.2, 0.25) is 0 Å². The quantitative estimate of drug-likeness (QED) is 0.592. The number of carbonyl (C=O) groups excluding carboxylic acids is 1.